The van der Waals surface area contributed by atoms with E-state index in [0.717, 1.165) is 16.6 Å². The van der Waals surface area contributed by atoms with E-state index in [1.54, 1.807) is 17.8 Å². The summed E-state index contributed by atoms with van der Waals surface area (Å²) >= 11 is 5.09. The Bertz CT molecular complexity index is 827. The molecule has 142 valence electrons. The van der Waals surface area contributed by atoms with Gasteiger partial charge in [-0.05, 0) is 64.0 Å². The predicted molar refractivity (Wildman–Crippen MR) is 114 cm³/mol. The fourth-order valence-electron chi connectivity index (χ4n) is 3.28. The largest absolute Gasteiger partial charge is 0.340 e. The molecule has 0 spiro atoms. The molecule has 1 unspecified atom stereocenters. The monoisotopic (exact) mass is 446 g/mol. The number of halogens is 1. The number of rotatable bonds is 6. The van der Waals surface area contributed by atoms with Crippen LogP contribution < -0.4 is 5.32 Å². The molecule has 1 atom stereocenters. The number of hydrogen-bond acceptors (Lipinski definition) is 3. The molecule has 1 heterocycles. The van der Waals surface area contributed by atoms with Crippen LogP contribution in [0.4, 0.5) is 0 Å². The maximum absolute atomic E-state index is 13.2. The summed E-state index contributed by atoms with van der Waals surface area (Å²) in [5, 5.41) is 2.96. The highest BCUT2D eigenvalue weighted by atomic mass is 79.9. The summed E-state index contributed by atoms with van der Waals surface area (Å²) in [5.74, 6) is 0.593. The second-order valence-electron chi connectivity index (χ2n) is 6.57. The van der Waals surface area contributed by atoms with Crippen molar-refractivity contribution in [1.29, 1.82) is 0 Å². The van der Waals surface area contributed by atoms with E-state index in [1.165, 1.54) is 11.1 Å². The number of hydrogen-bond donors (Lipinski definition) is 1. The minimum absolute atomic E-state index is 0.000966. The van der Waals surface area contributed by atoms with Crippen molar-refractivity contribution in [3.05, 3.63) is 69.7 Å². The standard InChI is InChI=1S/C21H23BrN2O2S/c1-27-13-11-19(23-20(25)17-8-4-5-9-18(17)22)21(26)24-12-10-15-6-2-3-7-16(15)14-24/h2-9,19H,10-14H2,1H3,(H,23,25). The normalized spacial score (nSPS) is 14.4. The number of fused-ring (bicyclic) bond motifs is 1. The molecule has 0 fully saturated rings. The third-order valence-corrected chi connectivity index (χ3v) is 6.11. The van der Waals surface area contributed by atoms with Gasteiger partial charge < -0.3 is 10.2 Å². The molecule has 1 aliphatic rings. The molecular weight excluding hydrogens is 424 g/mol. The van der Waals surface area contributed by atoms with Crippen molar-refractivity contribution in [3.63, 3.8) is 0 Å². The van der Waals surface area contributed by atoms with E-state index in [0.29, 0.717) is 25.1 Å². The van der Waals surface area contributed by atoms with Crippen molar-refractivity contribution in [1.82, 2.24) is 10.2 Å². The highest BCUT2D eigenvalue weighted by Crippen LogP contribution is 2.21. The van der Waals surface area contributed by atoms with Crippen molar-refractivity contribution in [2.24, 2.45) is 0 Å². The fourth-order valence-corrected chi connectivity index (χ4v) is 4.21. The van der Waals surface area contributed by atoms with Crippen LogP contribution in [-0.2, 0) is 17.8 Å². The summed E-state index contributed by atoms with van der Waals surface area (Å²) in [6.45, 7) is 1.30. The van der Waals surface area contributed by atoms with Crippen LogP contribution >= 0.6 is 27.7 Å². The fraction of sp³-hybridized carbons (Fsp3) is 0.333. The smallest absolute Gasteiger partial charge is 0.253 e. The van der Waals surface area contributed by atoms with Crippen LogP contribution in [0.25, 0.3) is 0 Å². The van der Waals surface area contributed by atoms with Crippen LogP contribution in [0.5, 0.6) is 0 Å². The Kier molecular flexibility index (Phi) is 6.96. The Hall–Kier alpha value is -1.79. The quantitative estimate of drug-likeness (QED) is 0.731. The number of nitrogens with zero attached hydrogens (tertiary/aromatic N) is 1. The van der Waals surface area contributed by atoms with Crippen LogP contribution in [-0.4, -0.2) is 41.3 Å². The van der Waals surface area contributed by atoms with Gasteiger partial charge in [-0.1, -0.05) is 36.4 Å². The maximum Gasteiger partial charge on any atom is 0.253 e. The maximum atomic E-state index is 13.2. The van der Waals surface area contributed by atoms with Crippen LogP contribution in [0.15, 0.2) is 53.0 Å². The Labute approximate surface area is 172 Å². The first kappa shape index (κ1) is 20.0. The van der Waals surface area contributed by atoms with Gasteiger partial charge in [-0.3, -0.25) is 9.59 Å². The molecule has 2 amide bonds. The first-order valence-corrected chi connectivity index (χ1v) is 11.2. The highest BCUT2D eigenvalue weighted by Gasteiger charge is 2.28. The SMILES string of the molecule is CSCCC(NC(=O)c1ccccc1Br)C(=O)N1CCc2ccccc2C1. The minimum Gasteiger partial charge on any atom is -0.340 e. The molecule has 2 aromatic rings. The molecule has 0 aliphatic carbocycles. The second kappa shape index (κ2) is 9.42. The zero-order valence-electron chi connectivity index (χ0n) is 15.3. The van der Waals surface area contributed by atoms with Gasteiger partial charge in [0.15, 0.2) is 0 Å². The number of thioether (sulfide) groups is 1. The minimum atomic E-state index is -0.512. The molecule has 0 saturated carbocycles. The van der Waals surface area contributed by atoms with E-state index in [9.17, 15) is 9.59 Å². The van der Waals surface area contributed by atoms with E-state index in [1.807, 2.05) is 41.5 Å². The van der Waals surface area contributed by atoms with Crippen molar-refractivity contribution in [2.75, 3.05) is 18.6 Å². The van der Waals surface area contributed by atoms with Gasteiger partial charge in [-0.25, -0.2) is 0 Å². The van der Waals surface area contributed by atoms with Gasteiger partial charge in [0.2, 0.25) is 5.91 Å². The molecule has 1 aliphatic heterocycles. The molecule has 3 rings (SSSR count). The van der Waals surface area contributed by atoms with Crippen molar-refractivity contribution < 1.29 is 9.59 Å². The lowest BCUT2D eigenvalue weighted by Gasteiger charge is -2.32. The second-order valence-corrected chi connectivity index (χ2v) is 8.41. The summed E-state index contributed by atoms with van der Waals surface area (Å²) < 4.78 is 0.727. The number of nitrogens with one attached hydrogen (secondary N) is 1. The van der Waals surface area contributed by atoms with Gasteiger partial charge in [-0.15, -0.1) is 0 Å². The highest BCUT2D eigenvalue weighted by molar-refractivity contribution is 9.10. The molecule has 0 bridgehead atoms. The molecule has 27 heavy (non-hydrogen) atoms. The molecular formula is C21H23BrN2O2S. The van der Waals surface area contributed by atoms with E-state index in [-0.39, 0.29) is 11.8 Å². The molecule has 0 saturated heterocycles. The van der Waals surface area contributed by atoms with Crippen molar-refractivity contribution >= 4 is 39.5 Å². The van der Waals surface area contributed by atoms with Crippen LogP contribution in [0, 0.1) is 0 Å². The summed E-state index contributed by atoms with van der Waals surface area (Å²) in [4.78, 5) is 27.7. The lowest BCUT2D eigenvalue weighted by molar-refractivity contribution is -0.134. The van der Waals surface area contributed by atoms with E-state index >= 15 is 0 Å². The van der Waals surface area contributed by atoms with Gasteiger partial charge >= 0.3 is 0 Å². The van der Waals surface area contributed by atoms with Crippen LogP contribution in [0.2, 0.25) is 0 Å². The average Bonchev–Trinajstić information content (AvgIpc) is 2.70. The van der Waals surface area contributed by atoms with Gasteiger partial charge in [0.25, 0.3) is 5.91 Å². The lowest BCUT2D eigenvalue weighted by atomic mass is 9.99. The molecule has 0 aromatic heterocycles. The Balaban J connectivity index is 1.73. The Morgan fingerprint density at radius 1 is 1.15 bits per heavy atom. The van der Waals surface area contributed by atoms with E-state index in [2.05, 4.69) is 33.4 Å². The van der Waals surface area contributed by atoms with E-state index < -0.39 is 6.04 Å². The number of benzene rings is 2. The Morgan fingerprint density at radius 2 is 1.85 bits per heavy atom. The third-order valence-electron chi connectivity index (χ3n) is 4.77. The third kappa shape index (κ3) is 4.93. The summed E-state index contributed by atoms with van der Waals surface area (Å²) in [6.07, 6.45) is 3.48. The number of carbonyl (C=O) groups excluding carboxylic acids is 2. The molecule has 1 N–H and O–H groups in total. The molecule has 6 heteroatoms. The van der Waals surface area contributed by atoms with Crippen molar-refractivity contribution in [2.45, 2.75) is 25.4 Å². The van der Waals surface area contributed by atoms with Crippen molar-refractivity contribution in [3.8, 4) is 0 Å². The zero-order valence-corrected chi connectivity index (χ0v) is 17.7. The summed E-state index contributed by atoms with van der Waals surface area (Å²) in [6, 6.07) is 15.0. The van der Waals surface area contributed by atoms with Gasteiger partial charge in [0, 0.05) is 17.6 Å². The average molecular weight is 447 g/mol. The van der Waals surface area contributed by atoms with Gasteiger partial charge in [0.1, 0.15) is 6.04 Å². The predicted octanol–water partition coefficient (Wildman–Crippen LogP) is 3.89. The first-order valence-electron chi connectivity index (χ1n) is 9.00. The van der Waals surface area contributed by atoms with Gasteiger partial charge in [0.05, 0.1) is 5.56 Å². The topological polar surface area (TPSA) is 49.4 Å². The molecule has 0 radical (unpaired) electrons. The molecule has 4 nitrogen and oxygen atoms in total. The lowest BCUT2D eigenvalue weighted by Crippen LogP contribution is -2.50. The summed E-state index contributed by atoms with van der Waals surface area (Å²) in [7, 11) is 0. The molecule has 2 aromatic carbocycles. The number of carbonyl (C=O) groups is 2. The zero-order chi connectivity index (χ0) is 19.2. The first-order chi connectivity index (χ1) is 13.1. The number of amides is 2. The van der Waals surface area contributed by atoms with Gasteiger partial charge in [-0.2, -0.15) is 11.8 Å². The summed E-state index contributed by atoms with van der Waals surface area (Å²) in [5.41, 5.74) is 3.04. The Morgan fingerprint density at radius 3 is 2.59 bits per heavy atom. The van der Waals surface area contributed by atoms with Crippen LogP contribution in [0.1, 0.15) is 27.9 Å². The van der Waals surface area contributed by atoms with E-state index in [4.69, 9.17) is 0 Å². The van der Waals surface area contributed by atoms with Crippen LogP contribution in [0.3, 0.4) is 0 Å².